The lowest BCUT2D eigenvalue weighted by atomic mass is 10.1. The molecular weight excluding hydrogens is 376 g/mol. The van der Waals surface area contributed by atoms with Gasteiger partial charge in [-0.1, -0.05) is 41.1 Å². The Bertz CT molecular complexity index is 1010. The standard InChI is InChI=1S/C17H15BrN2O4/c1-3-10-8-13(21)24-16-14(10)15(22)19-17(20-16)23-9(2)11-6-4-5-7-12(11)18/h4-9H,3H2,1-2H3,(H,19,20,22)/t9-/m1/s1. The van der Waals surface area contributed by atoms with Crippen LogP contribution in [0.2, 0.25) is 0 Å². The smallest absolute Gasteiger partial charge is 0.337 e. The maximum atomic E-state index is 12.3. The molecule has 2 heterocycles. The molecule has 0 spiro atoms. The molecule has 3 aromatic rings. The average Bonchev–Trinajstić information content (AvgIpc) is 2.53. The van der Waals surface area contributed by atoms with E-state index in [0.717, 1.165) is 10.0 Å². The molecule has 0 saturated carbocycles. The molecule has 1 atom stereocenters. The van der Waals surface area contributed by atoms with Crippen LogP contribution in [0.5, 0.6) is 6.01 Å². The van der Waals surface area contributed by atoms with Gasteiger partial charge in [0.05, 0.1) is 0 Å². The zero-order valence-electron chi connectivity index (χ0n) is 13.1. The molecule has 0 saturated heterocycles. The van der Waals surface area contributed by atoms with E-state index in [1.807, 2.05) is 38.1 Å². The molecule has 0 aliphatic carbocycles. The summed E-state index contributed by atoms with van der Waals surface area (Å²) in [4.78, 5) is 30.7. The van der Waals surface area contributed by atoms with Crippen LogP contribution < -0.4 is 15.9 Å². The highest BCUT2D eigenvalue weighted by Crippen LogP contribution is 2.26. The molecule has 0 aliphatic heterocycles. The third-order valence-corrected chi connectivity index (χ3v) is 4.41. The zero-order chi connectivity index (χ0) is 17.3. The van der Waals surface area contributed by atoms with E-state index in [2.05, 4.69) is 25.9 Å². The second kappa shape index (κ2) is 6.60. The first kappa shape index (κ1) is 16.4. The minimum atomic E-state index is -0.540. The fraction of sp³-hybridized carbons (Fsp3) is 0.235. The Labute approximate surface area is 145 Å². The van der Waals surface area contributed by atoms with E-state index in [4.69, 9.17) is 9.15 Å². The first-order valence-electron chi connectivity index (χ1n) is 7.47. The molecule has 0 unspecified atom stereocenters. The van der Waals surface area contributed by atoms with E-state index in [9.17, 15) is 9.59 Å². The van der Waals surface area contributed by atoms with Crippen LogP contribution in [0.3, 0.4) is 0 Å². The first-order valence-corrected chi connectivity index (χ1v) is 8.27. The van der Waals surface area contributed by atoms with E-state index >= 15 is 0 Å². The van der Waals surface area contributed by atoms with Crippen LogP contribution in [-0.4, -0.2) is 9.97 Å². The van der Waals surface area contributed by atoms with Gasteiger partial charge in [0, 0.05) is 16.1 Å². The summed E-state index contributed by atoms with van der Waals surface area (Å²) >= 11 is 3.46. The van der Waals surface area contributed by atoms with Gasteiger partial charge in [0.2, 0.25) is 5.71 Å². The molecule has 3 rings (SSSR count). The summed E-state index contributed by atoms with van der Waals surface area (Å²) in [6.07, 6.45) is 0.169. The Morgan fingerprint density at radius 2 is 2.08 bits per heavy atom. The van der Waals surface area contributed by atoms with Crippen molar-refractivity contribution >= 4 is 27.0 Å². The normalized spacial score (nSPS) is 12.3. The molecule has 24 heavy (non-hydrogen) atoms. The Balaban J connectivity index is 2.04. The molecule has 124 valence electrons. The van der Waals surface area contributed by atoms with Crippen LogP contribution >= 0.6 is 15.9 Å². The first-order chi connectivity index (χ1) is 11.5. The quantitative estimate of drug-likeness (QED) is 0.738. The summed E-state index contributed by atoms with van der Waals surface area (Å²) in [5, 5.41) is 0.276. The molecule has 0 bridgehead atoms. The summed E-state index contributed by atoms with van der Waals surface area (Å²) in [5.41, 5.74) is 0.555. The van der Waals surface area contributed by atoms with E-state index in [1.165, 1.54) is 6.07 Å². The molecule has 7 heteroatoms. The highest BCUT2D eigenvalue weighted by atomic mass is 79.9. The van der Waals surface area contributed by atoms with Crippen LogP contribution in [0.1, 0.15) is 31.1 Å². The maximum absolute atomic E-state index is 12.3. The van der Waals surface area contributed by atoms with Crippen LogP contribution in [0, 0.1) is 0 Å². The van der Waals surface area contributed by atoms with E-state index in [1.54, 1.807) is 0 Å². The van der Waals surface area contributed by atoms with Gasteiger partial charge in [0.1, 0.15) is 11.5 Å². The molecular formula is C17H15BrN2O4. The lowest BCUT2D eigenvalue weighted by molar-refractivity contribution is 0.206. The summed E-state index contributed by atoms with van der Waals surface area (Å²) in [6, 6.07) is 8.91. The number of aromatic amines is 1. The molecule has 0 aliphatic rings. The number of ether oxygens (including phenoxy) is 1. The molecule has 0 radical (unpaired) electrons. The number of hydrogen-bond acceptors (Lipinski definition) is 5. The van der Waals surface area contributed by atoms with Crippen molar-refractivity contribution in [2.45, 2.75) is 26.4 Å². The Kier molecular flexibility index (Phi) is 4.53. The van der Waals surface area contributed by atoms with Gasteiger partial charge in [0.15, 0.2) is 0 Å². The van der Waals surface area contributed by atoms with Gasteiger partial charge in [-0.25, -0.2) is 4.79 Å². The van der Waals surface area contributed by atoms with Crippen molar-refractivity contribution in [1.82, 2.24) is 9.97 Å². The lowest BCUT2D eigenvalue weighted by Gasteiger charge is -2.15. The molecule has 0 amide bonds. The molecule has 0 fully saturated rings. The molecule has 1 aromatic carbocycles. The monoisotopic (exact) mass is 390 g/mol. The second-order valence-electron chi connectivity index (χ2n) is 5.28. The summed E-state index contributed by atoms with van der Waals surface area (Å²) in [6.45, 7) is 3.69. The van der Waals surface area contributed by atoms with E-state index in [-0.39, 0.29) is 23.2 Å². The van der Waals surface area contributed by atoms with Crippen LogP contribution in [-0.2, 0) is 6.42 Å². The predicted octanol–water partition coefficient (Wildman–Crippen LogP) is 3.34. The van der Waals surface area contributed by atoms with Gasteiger partial charge in [-0.3, -0.25) is 9.78 Å². The SMILES string of the molecule is CCc1cc(=O)oc2nc(O[C@H](C)c3ccccc3Br)[nH]c(=O)c12. The van der Waals surface area contributed by atoms with Gasteiger partial charge in [-0.2, -0.15) is 4.98 Å². The maximum Gasteiger partial charge on any atom is 0.337 e. The number of hydrogen-bond donors (Lipinski definition) is 1. The third kappa shape index (κ3) is 3.12. The number of halogens is 1. The zero-order valence-corrected chi connectivity index (χ0v) is 14.7. The van der Waals surface area contributed by atoms with Crippen LogP contribution in [0.4, 0.5) is 0 Å². The Hall–Kier alpha value is -2.41. The van der Waals surface area contributed by atoms with Gasteiger partial charge < -0.3 is 9.15 Å². The topological polar surface area (TPSA) is 85.2 Å². The van der Waals surface area contributed by atoms with Crippen LogP contribution in [0.25, 0.3) is 11.1 Å². The number of rotatable bonds is 4. The van der Waals surface area contributed by atoms with Crippen molar-refractivity contribution in [3.05, 3.63) is 66.7 Å². The van der Waals surface area contributed by atoms with Crippen molar-refractivity contribution in [2.24, 2.45) is 0 Å². The predicted molar refractivity (Wildman–Crippen MR) is 93.5 cm³/mol. The number of H-pyrrole nitrogens is 1. The number of fused-ring (bicyclic) bond motifs is 1. The largest absolute Gasteiger partial charge is 0.457 e. The average molecular weight is 391 g/mol. The number of aryl methyl sites for hydroxylation is 1. The Morgan fingerprint density at radius 1 is 1.33 bits per heavy atom. The molecule has 2 aromatic heterocycles. The fourth-order valence-corrected chi connectivity index (χ4v) is 3.11. The van der Waals surface area contributed by atoms with Gasteiger partial charge in [0.25, 0.3) is 11.6 Å². The van der Waals surface area contributed by atoms with Gasteiger partial charge in [-0.15, -0.1) is 0 Å². The lowest BCUT2D eigenvalue weighted by Crippen LogP contribution is -2.16. The Morgan fingerprint density at radius 3 is 2.79 bits per heavy atom. The van der Waals surface area contributed by atoms with Crippen LogP contribution in [0.15, 0.2) is 48.8 Å². The highest BCUT2D eigenvalue weighted by molar-refractivity contribution is 9.10. The van der Waals surface area contributed by atoms with E-state index in [0.29, 0.717) is 12.0 Å². The summed E-state index contributed by atoms with van der Waals surface area (Å²) < 4.78 is 11.7. The van der Waals surface area contributed by atoms with Crippen molar-refractivity contribution in [2.75, 3.05) is 0 Å². The number of aromatic nitrogens is 2. The van der Waals surface area contributed by atoms with Crippen molar-refractivity contribution < 1.29 is 9.15 Å². The summed E-state index contributed by atoms with van der Waals surface area (Å²) in [5.74, 6) is 0. The third-order valence-electron chi connectivity index (χ3n) is 3.69. The van der Waals surface area contributed by atoms with E-state index < -0.39 is 11.2 Å². The highest BCUT2D eigenvalue weighted by Gasteiger charge is 2.16. The van der Waals surface area contributed by atoms with Crippen molar-refractivity contribution in [3.8, 4) is 6.01 Å². The van der Waals surface area contributed by atoms with Crippen molar-refractivity contribution in [3.63, 3.8) is 0 Å². The van der Waals surface area contributed by atoms with Gasteiger partial charge in [-0.05, 0) is 25.0 Å². The molecule has 6 nitrogen and oxygen atoms in total. The minimum absolute atomic E-state index is 0.00663. The summed E-state index contributed by atoms with van der Waals surface area (Å²) in [7, 11) is 0. The van der Waals surface area contributed by atoms with Crippen molar-refractivity contribution in [1.29, 1.82) is 0 Å². The minimum Gasteiger partial charge on any atom is -0.457 e. The van der Waals surface area contributed by atoms with Gasteiger partial charge >= 0.3 is 5.63 Å². The fourth-order valence-electron chi connectivity index (χ4n) is 2.50. The number of nitrogens with zero attached hydrogens (tertiary/aromatic N) is 1. The number of nitrogens with one attached hydrogen (secondary N) is 1. The molecule has 1 N–H and O–H groups in total. The number of benzene rings is 1. The second-order valence-corrected chi connectivity index (χ2v) is 6.13.